The molecule has 1 amide bonds. The van der Waals surface area contributed by atoms with Gasteiger partial charge in [-0.25, -0.2) is 0 Å². The van der Waals surface area contributed by atoms with E-state index >= 15 is 0 Å². The van der Waals surface area contributed by atoms with Gasteiger partial charge in [0.2, 0.25) is 5.13 Å². The number of aromatic nitrogens is 2. The number of benzene rings is 3. The Morgan fingerprint density at radius 2 is 1.73 bits per heavy atom. The molecule has 3 aromatic carbocycles. The van der Waals surface area contributed by atoms with Crippen molar-refractivity contribution in [3.05, 3.63) is 87.9 Å². The standard InChI is InChI=1S/C20H14ClN3OS/c21-17-11-4-3-10-16(17)19(25)22-20-24-23-18(26-20)12-14-8-5-7-13-6-1-2-9-15(13)14/h1-11H,12H2,(H,22,24,25). The number of nitrogens with zero attached hydrogens (tertiary/aromatic N) is 2. The Kier molecular flexibility index (Phi) is 4.65. The summed E-state index contributed by atoms with van der Waals surface area (Å²) in [6.45, 7) is 0. The maximum atomic E-state index is 12.3. The molecule has 6 heteroatoms. The largest absolute Gasteiger partial charge is 0.296 e. The SMILES string of the molecule is O=C(Nc1nnc(Cc2cccc3ccccc23)s1)c1ccccc1Cl. The van der Waals surface area contributed by atoms with Crippen molar-refractivity contribution in [1.82, 2.24) is 10.2 Å². The number of halogens is 1. The summed E-state index contributed by atoms with van der Waals surface area (Å²) in [5.41, 5.74) is 1.60. The molecule has 0 unspecified atom stereocenters. The van der Waals surface area contributed by atoms with Gasteiger partial charge in [-0.1, -0.05) is 77.5 Å². The number of rotatable bonds is 4. The van der Waals surface area contributed by atoms with E-state index in [2.05, 4.69) is 39.8 Å². The van der Waals surface area contributed by atoms with Gasteiger partial charge in [0.05, 0.1) is 10.6 Å². The number of hydrogen-bond donors (Lipinski definition) is 1. The lowest BCUT2D eigenvalue weighted by Gasteiger charge is -2.04. The lowest BCUT2D eigenvalue weighted by atomic mass is 10.0. The molecule has 0 saturated heterocycles. The van der Waals surface area contributed by atoms with Gasteiger partial charge in [0.15, 0.2) is 0 Å². The van der Waals surface area contributed by atoms with Gasteiger partial charge < -0.3 is 0 Å². The van der Waals surface area contributed by atoms with Crippen molar-refractivity contribution >= 4 is 44.7 Å². The predicted octanol–water partition coefficient (Wildman–Crippen LogP) is 5.19. The molecule has 0 aliphatic heterocycles. The molecule has 0 fully saturated rings. The Labute approximate surface area is 159 Å². The highest BCUT2D eigenvalue weighted by molar-refractivity contribution is 7.15. The van der Waals surface area contributed by atoms with Crippen LogP contribution in [0.15, 0.2) is 66.7 Å². The summed E-state index contributed by atoms with van der Waals surface area (Å²) in [6.07, 6.45) is 0.668. The monoisotopic (exact) mass is 379 g/mol. The van der Waals surface area contributed by atoms with E-state index < -0.39 is 0 Å². The van der Waals surface area contributed by atoms with Crippen LogP contribution in [0.3, 0.4) is 0 Å². The van der Waals surface area contributed by atoms with Crippen LogP contribution in [0.1, 0.15) is 20.9 Å². The molecule has 0 aliphatic carbocycles. The Hall–Kier alpha value is -2.76. The van der Waals surface area contributed by atoms with Gasteiger partial charge in [-0.05, 0) is 28.5 Å². The van der Waals surface area contributed by atoms with Gasteiger partial charge >= 0.3 is 0 Å². The first-order valence-corrected chi connectivity index (χ1v) is 9.25. The second-order valence-corrected chi connectivity index (χ2v) is 7.22. The third-order valence-corrected chi connectivity index (χ3v) is 5.20. The Bertz CT molecular complexity index is 1090. The van der Waals surface area contributed by atoms with Crippen molar-refractivity contribution < 1.29 is 4.79 Å². The summed E-state index contributed by atoms with van der Waals surface area (Å²) in [4.78, 5) is 12.3. The Balaban J connectivity index is 1.53. The lowest BCUT2D eigenvalue weighted by Crippen LogP contribution is -2.12. The van der Waals surface area contributed by atoms with Crippen LogP contribution < -0.4 is 5.32 Å². The fourth-order valence-corrected chi connectivity index (χ4v) is 3.77. The van der Waals surface area contributed by atoms with Crippen molar-refractivity contribution in [3.8, 4) is 0 Å². The quantitative estimate of drug-likeness (QED) is 0.531. The van der Waals surface area contributed by atoms with Crippen LogP contribution in [0.2, 0.25) is 5.02 Å². The van der Waals surface area contributed by atoms with E-state index in [1.165, 1.54) is 27.7 Å². The fourth-order valence-electron chi connectivity index (χ4n) is 2.79. The van der Waals surface area contributed by atoms with Gasteiger partial charge in [-0.3, -0.25) is 10.1 Å². The van der Waals surface area contributed by atoms with Crippen molar-refractivity contribution in [3.63, 3.8) is 0 Å². The van der Waals surface area contributed by atoms with Crippen LogP contribution in [0.5, 0.6) is 0 Å². The zero-order chi connectivity index (χ0) is 17.9. The third kappa shape index (κ3) is 3.45. The number of carbonyl (C=O) groups excluding carboxylic acids is 1. The minimum absolute atomic E-state index is 0.288. The normalized spacial score (nSPS) is 10.8. The lowest BCUT2D eigenvalue weighted by molar-refractivity contribution is 0.102. The summed E-state index contributed by atoms with van der Waals surface area (Å²) in [5.74, 6) is -0.288. The van der Waals surface area contributed by atoms with Crippen LogP contribution >= 0.6 is 22.9 Å². The molecule has 1 N–H and O–H groups in total. The zero-order valence-electron chi connectivity index (χ0n) is 13.6. The highest BCUT2D eigenvalue weighted by Crippen LogP contribution is 2.25. The van der Waals surface area contributed by atoms with Crippen LogP contribution in [0.4, 0.5) is 5.13 Å². The fraction of sp³-hybridized carbons (Fsp3) is 0.0500. The van der Waals surface area contributed by atoms with E-state index in [9.17, 15) is 4.79 Å². The zero-order valence-corrected chi connectivity index (χ0v) is 15.2. The molecule has 26 heavy (non-hydrogen) atoms. The van der Waals surface area contributed by atoms with E-state index in [4.69, 9.17) is 11.6 Å². The van der Waals surface area contributed by atoms with Crippen LogP contribution in [-0.2, 0) is 6.42 Å². The smallest absolute Gasteiger partial charge is 0.259 e. The molecule has 1 heterocycles. The maximum absolute atomic E-state index is 12.3. The van der Waals surface area contributed by atoms with Crippen LogP contribution in [0.25, 0.3) is 10.8 Å². The average Bonchev–Trinajstić information content (AvgIpc) is 3.09. The summed E-state index contributed by atoms with van der Waals surface area (Å²) in [6, 6.07) is 21.4. The van der Waals surface area contributed by atoms with Gasteiger partial charge in [-0.2, -0.15) is 0 Å². The van der Waals surface area contributed by atoms with Crippen LogP contribution in [0, 0.1) is 0 Å². The van der Waals surface area contributed by atoms with Gasteiger partial charge in [0.1, 0.15) is 5.01 Å². The molecule has 0 radical (unpaired) electrons. The molecular weight excluding hydrogens is 366 g/mol. The summed E-state index contributed by atoms with van der Waals surface area (Å²) < 4.78 is 0. The van der Waals surface area contributed by atoms with E-state index in [1.54, 1.807) is 24.3 Å². The number of fused-ring (bicyclic) bond motifs is 1. The van der Waals surface area contributed by atoms with Gasteiger partial charge in [0, 0.05) is 6.42 Å². The molecule has 4 nitrogen and oxygen atoms in total. The first-order chi connectivity index (χ1) is 12.7. The van der Waals surface area contributed by atoms with E-state index in [1.807, 2.05) is 18.2 Å². The molecule has 0 bridgehead atoms. The topological polar surface area (TPSA) is 54.9 Å². The molecule has 0 spiro atoms. The predicted molar refractivity (Wildman–Crippen MR) is 106 cm³/mol. The Morgan fingerprint density at radius 3 is 2.62 bits per heavy atom. The second-order valence-electron chi connectivity index (χ2n) is 5.75. The van der Waals surface area contributed by atoms with Crippen molar-refractivity contribution in [1.29, 1.82) is 0 Å². The molecule has 0 aliphatic rings. The number of hydrogen-bond acceptors (Lipinski definition) is 4. The third-order valence-electron chi connectivity index (χ3n) is 4.03. The van der Waals surface area contributed by atoms with Gasteiger partial charge in [0.25, 0.3) is 5.91 Å². The number of amides is 1. The highest BCUT2D eigenvalue weighted by atomic mass is 35.5. The second kappa shape index (κ2) is 7.23. The highest BCUT2D eigenvalue weighted by Gasteiger charge is 2.13. The molecule has 128 valence electrons. The van der Waals surface area contributed by atoms with Crippen LogP contribution in [-0.4, -0.2) is 16.1 Å². The number of anilines is 1. The van der Waals surface area contributed by atoms with Crippen molar-refractivity contribution in [2.24, 2.45) is 0 Å². The first kappa shape index (κ1) is 16.7. The molecule has 4 aromatic rings. The Morgan fingerprint density at radius 1 is 0.962 bits per heavy atom. The number of carbonyl (C=O) groups is 1. The molecule has 4 rings (SSSR count). The molecule has 0 saturated carbocycles. The minimum atomic E-state index is -0.288. The summed E-state index contributed by atoms with van der Waals surface area (Å²) in [5, 5.41) is 15.2. The first-order valence-electron chi connectivity index (χ1n) is 8.05. The number of nitrogens with one attached hydrogen (secondary N) is 1. The van der Waals surface area contributed by atoms with Crippen molar-refractivity contribution in [2.45, 2.75) is 6.42 Å². The minimum Gasteiger partial charge on any atom is -0.296 e. The molecular formula is C20H14ClN3OS. The van der Waals surface area contributed by atoms with E-state index in [0.717, 1.165) is 5.01 Å². The van der Waals surface area contributed by atoms with Crippen molar-refractivity contribution in [2.75, 3.05) is 5.32 Å². The average molecular weight is 380 g/mol. The summed E-state index contributed by atoms with van der Waals surface area (Å²) in [7, 11) is 0. The molecule has 1 aromatic heterocycles. The van der Waals surface area contributed by atoms with Gasteiger partial charge in [-0.15, -0.1) is 10.2 Å². The summed E-state index contributed by atoms with van der Waals surface area (Å²) >= 11 is 7.43. The van der Waals surface area contributed by atoms with E-state index in [0.29, 0.717) is 22.1 Å². The maximum Gasteiger partial charge on any atom is 0.259 e. The van der Waals surface area contributed by atoms with E-state index in [-0.39, 0.29) is 5.91 Å². The molecule has 0 atom stereocenters.